The molecule has 3 heteroatoms. The Labute approximate surface area is 84.2 Å². The number of guanidine groups is 1. The van der Waals surface area contributed by atoms with Crippen LogP contribution in [-0.4, -0.2) is 19.0 Å². The van der Waals surface area contributed by atoms with Gasteiger partial charge in [-0.1, -0.05) is 25.1 Å². The highest BCUT2D eigenvalue weighted by Gasteiger charge is 2.17. The zero-order chi connectivity index (χ0) is 9.97. The maximum absolute atomic E-state index is 5.81. The van der Waals surface area contributed by atoms with Crippen LogP contribution in [0.2, 0.25) is 0 Å². The molecule has 0 spiro atoms. The molecule has 0 bridgehead atoms. The molecule has 0 saturated carbocycles. The highest BCUT2D eigenvalue weighted by Crippen LogP contribution is 2.21. The summed E-state index contributed by atoms with van der Waals surface area (Å²) in [5.74, 6) is 0.644. The molecule has 1 aromatic rings. The van der Waals surface area contributed by atoms with Crippen molar-refractivity contribution in [1.29, 1.82) is 0 Å². The third kappa shape index (κ3) is 1.45. The molecule has 74 valence electrons. The van der Waals surface area contributed by atoms with Crippen LogP contribution in [0.5, 0.6) is 0 Å². The Balaban J connectivity index is 2.36. The van der Waals surface area contributed by atoms with E-state index in [-0.39, 0.29) is 0 Å². The lowest BCUT2D eigenvalue weighted by Crippen LogP contribution is -2.34. The predicted molar refractivity (Wildman–Crippen MR) is 59.7 cm³/mol. The number of aliphatic imine (C=N–C) groups is 1. The first-order valence-corrected chi connectivity index (χ1v) is 4.98. The van der Waals surface area contributed by atoms with Gasteiger partial charge < -0.3 is 10.6 Å². The fourth-order valence-corrected chi connectivity index (χ4v) is 1.78. The van der Waals surface area contributed by atoms with Crippen LogP contribution in [0.1, 0.15) is 12.5 Å². The Bertz CT molecular complexity index is 357. The van der Waals surface area contributed by atoms with Crippen LogP contribution in [0, 0.1) is 0 Å². The van der Waals surface area contributed by atoms with E-state index in [9.17, 15) is 0 Å². The summed E-state index contributed by atoms with van der Waals surface area (Å²) in [6.45, 7) is 3.87. The molecule has 1 aliphatic heterocycles. The molecule has 0 aromatic heterocycles. The van der Waals surface area contributed by atoms with E-state index in [0.29, 0.717) is 5.96 Å². The summed E-state index contributed by atoms with van der Waals surface area (Å²) in [7, 11) is 0. The summed E-state index contributed by atoms with van der Waals surface area (Å²) < 4.78 is 0. The number of hydrogen-bond donors (Lipinski definition) is 1. The Hall–Kier alpha value is -1.51. The number of nitrogens with zero attached hydrogens (tertiary/aromatic N) is 2. The zero-order valence-electron chi connectivity index (χ0n) is 8.40. The van der Waals surface area contributed by atoms with E-state index in [4.69, 9.17) is 5.73 Å². The maximum atomic E-state index is 5.81. The van der Waals surface area contributed by atoms with Crippen molar-refractivity contribution >= 4 is 11.6 Å². The number of hydrogen-bond acceptors (Lipinski definition) is 3. The van der Waals surface area contributed by atoms with Gasteiger partial charge in [0.2, 0.25) is 0 Å². The highest BCUT2D eigenvalue weighted by atomic mass is 15.3. The maximum Gasteiger partial charge on any atom is 0.195 e. The largest absolute Gasteiger partial charge is 0.370 e. The lowest BCUT2D eigenvalue weighted by molar-refractivity contribution is 1.00. The van der Waals surface area contributed by atoms with E-state index in [1.165, 1.54) is 11.3 Å². The molecule has 1 aromatic carbocycles. The summed E-state index contributed by atoms with van der Waals surface area (Å²) in [5.41, 5.74) is 8.34. The van der Waals surface area contributed by atoms with E-state index in [2.05, 4.69) is 35.0 Å². The molecule has 0 amide bonds. The first-order valence-electron chi connectivity index (χ1n) is 4.98. The van der Waals surface area contributed by atoms with Gasteiger partial charge in [-0.2, -0.15) is 0 Å². The molecular formula is C11H15N3. The molecule has 0 radical (unpaired) electrons. The third-order valence-electron chi connectivity index (χ3n) is 2.54. The van der Waals surface area contributed by atoms with E-state index in [1.54, 1.807) is 0 Å². The number of aryl methyl sites for hydroxylation is 1. The Morgan fingerprint density at radius 3 is 2.86 bits per heavy atom. The number of anilines is 1. The van der Waals surface area contributed by atoms with E-state index < -0.39 is 0 Å². The lowest BCUT2D eigenvalue weighted by Gasteiger charge is -2.20. The Kier molecular flexibility index (Phi) is 2.39. The average molecular weight is 189 g/mol. The minimum atomic E-state index is 0.644. The zero-order valence-corrected chi connectivity index (χ0v) is 8.40. The standard InChI is InChI=1S/C11H15N3/c1-2-9-5-3-4-6-10(9)14-8-7-13-11(14)12/h3-6H,2,7-8H2,1H3,(H2,12,13). The smallest absolute Gasteiger partial charge is 0.195 e. The summed E-state index contributed by atoms with van der Waals surface area (Å²) in [4.78, 5) is 6.27. The molecule has 14 heavy (non-hydrogen) atoms. The van der Waals surface area contributed by atoms with Crippen LogP contribution >= 0.6 is 0 Å². The van der Waals surface area contributed by atoms with Gasteiger partial charge in [0, 0.05) is 12.2 Å². The van der Waals surface area contributed by atoms with Crippen molar-refractivity contribution in [3.63, 3.8) is 0 Å². The minimum absolute atomic E-state index is 0.644. The Morgan fingerprint density at radius 1 is 1.43 bits per heavy atom. The molecule has 1 aliphatic rings. The number of para-hydroxylation sites is 1. The SMILES string of the molecule is CCc1ccccc1N1CCN=C1N. The van der Waals surface area contributed by atoms with Crippen molar-refractivity contribution in [1.82, 2.24) is 0 Å². The molecule has 0 aliphatic carbocycles. The summed E-state index contributed by atoms with van der Waals surface area (Å²) in [5, 5.41) is 0. The summed E-state index contributed by atoms with van der Waals surface area (Å²) >= 11 is 0. The monoisotopic (exact) mass is 189 g/mol. The second kappa shape index (κ2) is 3.70. The average Bonchev–Trinajstić information content (AvgIpc) is 2.64. The quantitative estimate of drug-likeness (QED) is 0.763. The molecular weight excluding hydrogens is 174 g/mol. The number of rotatable bonds is 2. The third-order valence-corrected chi connectivity index (χ3v) is 2.54. The van der Waals surface area contributed by atoms with E-state index in [1.807, 2.05) is 6.07 Å². The molecule has 2 rings (SSSR count). The van der Waals surface area contributed by atoms with Crippen molar-refractivity contribution < 1.29 is 0 Å². The molecule has 3 nitrogen and oxygen atoms in total. The molecule has 0 saturated heterocycles. The van der Waals surface area contributed by atoms with Gasteiger partial charge in [-0.05, 0) is 18.1 Å². The van der Waals surface area contributed by atoms with Crippen LogP contribution < -0.4 is 10.6 Å². The van der Waals surface area contributed by atoms with Crippen molar-refractivity contribution in [2.75, 3.05) is 18.0 Å². The van der Waals surface area contributed by atoms with Gasteiger partial charge in [0.1, 0.15) is 0 Å². The van der Waals surface area contributed by atoms with Gasteiger partial charge >= 0.3 is 0 Å². The van der Waals surface area contributed by atoms with Crippen LogP contribution in [-0.2, 0) is 6.42 Å². The second-order valence-corrected chi connectivity index (χ2v) is 3.37. The Morgan fingerprint density at radius 2 is 2.21 bits per heavy atom. The van der Waals surface area contributed by atoms with Crippen molar-refractivity contribution in [3.05, 3.63) is 29.8 Å². The minimum Gasteiger partial charge on any atom is -0.370 e. The van der Waals surface area contributed by atoms with Crippen molar-refractivity contribution in [3.8, 4) is 0 Å². The van der Waals surface area contributed by atoms with Crippen LogP contribution in [0.15, 0.2) is 29.3 Å². The van der Waals surface area contributed by atoms with Crippen LogP contribution in [0.3, 0.4) is 0 Å². The van der Waals surface area contributed by atoms with Crippen molar-refractivity contribution in [2.45, 2.75) is 13.3 Å². The summed E-state index contributed by atoms with van der Waals surface area (Å²) in [6.07, 6.45) is 1.03. The van der Waals surface area contributed by atoms with Crippen LogP contribution in [0.25, 0.3) is 0 Å². The normalized spacial score (nSPS) is 15.8. The summed E-state index contributed by atoms with van der Waals surface area (Å²) in [6, 6.07) is 8.35. The molecule has 0 fully saturated rings. The topological polar surface area (TPSA) is 41.6 Å². The van der Waals surface area contributed by atoms with Gasteiger partial charge in [0.25, 0.3) is 0 Å². The fourth-order valence-electron chi connectivity index (χ4n) is 1.78. The van der Waals surface area contributed by atoms with E-state index in [0.717, 1.165) is 19.5 Å². The molecule has 2 N–H and O–H groups in total. The van der Waals surface area contributed by atoms with Gasteiger partial charge in [-0.3, -0.25) is 4.99 Å². The van der Waals surface area contributed by atoms with E-state index >= 15 is 0 Å². The number of benzene rings is 1. The predicted octanol–water partition coefficient (Wildman–Crippen LogP) is 1.38. The number of nitrogens with two attached hydrogens (primary N) is 1. The van der Waals surface area contributed by atoms with Gasteiger partial charge in [0.05, 0.1) is 6.54 Å². The second-order valence-electron chi connectivity index (χ2n) is 3.37. The van der Waals surface area contributed by atoms with Gasteiger partial charge in [-0.15, -0.1) is 0 Å². The van der Waals surface area contributed by atoms with Gasteiger partial charge in [-0.25, -0.2) is 0 Å². The highest BCUT2D eigenvalue weighted by molar-refractivity contribution is 5.97. The fraction of sp³-hybridized carbons (Fsp3) is 0.364. The van der Waals surface area contributed by atoms with Crippen molar-refractivity contribution in [2.24, 2.45) is 10.7 Å². The first kappa shape index (κ1) is 9.06. The molecule has 1 heterocycles. The first-order chi connectivity index (χ1) is 6.83. The molecule has 0 unspecified atom stereocenters. The molecule has 0 atom stereocenters. The lowest BCUT2D eigenvalue weighted by atomic mass is 10.1. The van der Waals surface area contributed by atoms with Gasteiger partial charge in [0.15, 0.2) is 5.96 Å². The van der Waals surface area contributed by atoms with Crippen LogP contribution in [0.4, 0.5) is 5.69 Å².